The highest BCUT2D eigenvalue weighted by Gasteiger charge is 2.50. The van der Waals surface area contributed by atoms with E-state index in [9.17, 15) is 9.59 Å². The molecule has 0 bridgehead atoms. The van der Waals surface area contributed by atoms with E-state index >= 15 is 0 Å². The fraction of sp³-hybridized carbons (Fsp3) is 0.889. The average Bonchev–Trinajstić information content (AvgIpc) is 2.61. The van der Waals surface area contributed by atoms with Crippen LogP contribution in [0.25, 0.3) is 0 Å². The zero-order chi connectivity index (χ0) is 19.1. The van der Waals surface area contributed by atoms with Crippen LogP contribution in [0, 0.1) is 5.92 Å². The van der Waals surface area contributed by atoms with Crippen LogP contribution < -0.4 is 0 Å². The molecule has 6 heteroatoms. The van der Waals surface area contributed by atoms with E-state index < -0.39 is 20.0 Å². The summed E-state index contributed by atoms with van der Waals surface area (Å²) in [5.41, 5.74) is -0.628. The normalized spacial score (nSPS) is 23.1. The fourth-order valence-electron chi connectivity index (χ4n) is 2.65. The number of hydrogen-bond acceptors (Lipinski definition) is 4. The molecule has 0 unspecified atom stereocenters. The number of carbonyl (C=O) groups excluding carboxylic acids is 2. The number of carbonyl (C=O) groups is 2. The minimum Gasteiger partial charge on any atom is -0.443 e. The molecule has 0 radical (unpaired) electrons. The second-order valence-electron chi connectivity index (χ2n) is 9.60. The number of imide groups is 1. The molecule has 1 aliphatic rings. The van der Waals surface area contributed by atoms with E-state index in [4.69, 9.17) is 9.16 Å². The maximum Gasteiger partial charge on any atom is 0.417 e. The lowest BCUT2D eigenvalue weighted by Gasteiger charge is -2.40. The SMILES string of the molecule is CC(C)[C@H]1[C@H](O[Si](C)(C)C(C)(C)C)CC(=O)N1C(=O)OC(C)(C)C. The molecule has 1 aliphatic heterocycles. The first kappa shape index (κ1) is 21.2. The predicted molar refractivity (Wildman–Crippen MR) is 98.4 cm³/mol. The van der Waals surface area contributed by atoms with Crippen LogP contribution >= 0.6 is 0 Å². The minimum atomic E-state index is -2.03. The van der Waals surface area contributed by atoms with Gasteiger partial charge in [0.1, 0.15) is 5.60 Å². The fourth-order valence-corrected chi connectivity index (χ4v) is 3.99. The Hall–Kier alpha value is -0.883. The highest BCUT2D eigenvalue weighted by molar-refractivity contribution is 6.74. The Balaban J connectivity index is 3.06. The van der Waals surface area contributed by atoms with Crippen molar-refractivity contribution in [2.75, 3.05) is 0 Å². The molecule has 0 aromatic carbocycles. The van der Waals surface area contributed by atoms with Crippen LogP contribution in [0.2, 0.25) is 18.1 Å². The Bertz CT molecular complexity index is 488. The molecule has 0 spiro atoms. The van der Waals surface area contributed by atoms with Crippen molar-refractivity contribution in [1.29, 1.82) is 0 Å². The quantitative estimate of drug-likeness (QED) is 0.694. The molecule has 0 N–H and O–H groups in total. The standard InChI is InChI=1S/C18H35NO4Si/c1-12(2)15-13(23-24(9,10)18(6,7)8)11-14(20)19(15)16(21)22-17(3,4)5/h12-13,15H,11H2,1-10H3/t13-,15+/m1/s1. The average molecular weight is 358 g/mol. The van der Waals surface area contributed by atoms with Crippen molar-refractivity contribution in [3.63, 3.8) is 0 Å². The summed E-state index contributed by atoms with van der Waals surface area (Å²) in [5.74, 6) is -0.0922. The van der Waals surface area contributed by atoms with Gasteiger partial charge in [-0.1, -0.05) is 34.6 Å². The molecule has 2 amide bonds. The van der Waals surface area contributed by atoms with Crippen molar-refractivity contribution in [1.82, 2.24) is 4.90 Å². The zero-order valence-electron chi connectivity index (χ0n) is 17.0. The summed E-state index contributed by atoms with van der Waals surface area (Å²) in [6.45, 7) is 20.3. The van der Waals surface area contributed by atoms with Crippen LogP contribution in [0.4, 0.5) is 4.79 Å². The first-order chi connectivity index (χ1) is 10.6. The molecule has 5 nitrogen and oxygen atoms in total. The third-order valence-corrected chi connectivity index (χ3v) is 9.35. The molecule has 24 heavy (non-hydrogen) atoms. The van der Waals surface area contributed by atoms with E-state index in [0.717, 1.165) is 0 Å². The van der Waals surface area contributed by atoms with E-state index in [1.165, 1.54) is 4.90 Å². The molecule has 2 atom stereocenters. The summed E-state index contributed by atoms with van der Waals surface area (Å²) in [6, 6.07) is -0.276. The summed E-state index contributed by atoms with van der Waals surface area (Å²) in [6.07, 6.45) is -0.576. The first-order valence-corrected chi connectivity index (χ1v) is 11.7. The Labute approximate surface area is 148 Å². The molecular formula is C18H35NO4Si. The van der Waals surface area contributed by atoms with Gasteiger partial charge in [-0.3, -0.25) is 4.79 Å². The summed E-state index contributed by atoms with van der Waals surface area (Å²) in [4.78, 5) is 26.3. The molecule has 140 valence electrons. The number of likely N-dealkylation sites (tertiary alicyclic amines) is 1. The van der Waals surface area contributed by atoms with Crippen molar-refractivity contribution in [3.05, 3.63) is 0 Å². The number of ether oxygens (including phenoxy) is 1. The lowest BCUT2D eigenvalue weighted by Crippen LogP contribution is -2.51. The van der Waals surface area contributed by atoms with E-state index in [2.05, 4.69) is 33.9 Å². The third kappa shape index (κ3) is 4.82. The van der Waals surface area contributed by atoms with Gasteiger partial charge >= 0.3 is 6.09 Å². The van der Waals surface area contributed by atoms with E-state index in [0.29, 0.717) is 0 Å². The lowest BCUT2D eigenvalue weighted by atomic mass is 10.00. The maximum absolute atomic E-state index is 12.5. The number of amides is 2. The minimum absolute atomic E-state index is 0.0525. The van der Waals surface area contributed by atoms with E-state index in [1.807, 2.05) is 13.8 Å². The lowest BCUT2D eigenvalue weighted by molar-refractivity contribution is -0.128. The number of rotatable bonds is 3. The highest BCUT2D eigenvalue weighted by Crippen LogP contribution is 2.40. The van der Waals surface area contributed by atoms with Crippen molar-refractivity contribution in [2.45, 2.75) is 97.7 Å². The highest BCUT2D eigenvalue weighted by atomic mass is 28.4. The van der Waals surface area contributed by atoms with Crippen molar-refractivity contribution in [2.24, 2.45) is 5.92 Å². The molecule has 0 saturated carbocycles. The zero-order valence-corrected chi connectivity index (χ0v) is 18.0. The van der Waals surface area contributed by atoms with Crippen molar-refractivity contribution >= 4 is 20.3 Å². The molecule has 0 aliphatic carbocycles. The van der Waals surface area contributed by atoms with Gasteiger partial charge in [-0.15, -0.1) is 0 Å². The maximum atomic E-state index is 12.5. The van der Waals surface area contributed by atoms with Crippen LogP contribution in [0.15, 0.2) is 0 Å². The molecule has 1 heterocycles. The van der Waals surface area contributed by atoms with Gasteiger partial charge in [0, 0.05) is 0 Å². The second-order valence-corrected chi connectivity index (χ2v) is 14.4. The topological polar surface area (TPSA) is 55.8 Å². The predicted octanol–water partition coefficient (Wildman–Crippen LogP) is 4.57. The summed E-state index contributed by atoms with van der Waals surface area (Å²) in [7, 11) is -2.03. The number of nitrogens with zero attached hydrogens (tertiary/aromatic N) is 1. The smallest absolute Gasteiger partial charge is 0.417 e. The first-order valence-electron chi connectivity index (χ1n) is 8.79. The molecule has 1 saturated heterocycles. The van der Waals surface area contributed by atoms with Crippen LogP contribution in [0.1, 0.15) is 61.8 Å². The van der Waals surface area contributed by atoms with Gasteiger partial charge in [-0.2, -0.15) is 0 Å². The molecule has 0 aromatic heterocycles. The van der Waals surface area contributed by atoms with Crippen LogP contribution in [-0.2, 0) is 14.0 Å². The number of hydrogen-bond donors (Lipinski definition) is 0. The summed E-state index contributed by atoms with van der Waals surface area (Å²) < 4.78 is 11.9. The molecule has 1 rings (SSSR count). The van der Waals surface area contributed by atoms with Crippen molar-refractivity contribution < 1.29 is 18.8 Å². The molecule has 1 fully saturated rings. The van der Waals surface area contributed by atoms with E-state index in [-0.39, 0.29) is 35.4 Å². The van der Waals surface area contributed by atoms with Gasteiger partial charge in [-0.05, 0) is 44.8 Å². The van der Waals surface area contributed by atoms with Crippen LogP contribution in [-0.4, -0.2) is 43.0 Å². The van der Waals surface area contributed by atoms with Gasteiger partial charge < -0.3 is 9.16 Å². The van der Waals surface area contributed by atoms with Crippen molar-refractivity contribution in [3.8, 4) is 0 Å². The summed E-state index contributed by atoms with van der Waals surface area (Å²) in [5, 5.41) is 0.0525. The van der Waals surface area contributed by atoms with Gasteiger partial charge in [0.15, 0.2) is 8.32 Å². The Morgan fingerprint density at radius 2 is 1.67 bits per heavy atom. The largest absolute Gasteiger partial charge is 0.443 e. The van der Waals surface area contributed by atoms with Crippen LogP contribution in [0.3, 0.4) is 0 Å². The van der Waals surface area contributed by atoms with Gasteiger partial charge in [0.25, 0.3) is 0 Å². The summed E-state index contributed by atoms with van der Waals surface area (Å²) >= 11 is 0. The van der Waals surface area contributed by atoms with Crippen LogP contribution in [0.5, 0.6) is 0 Å². The Morgan fingerprint density at radius 1 is 1.17 bits per heavy atom. The van der Waals surface area contributed by atoms with Gasteiger partial charge in [-0.25, -0.2) is 9.69 Å². The van der Waals surface area contributed by atoms with Gasteiger partial charge in [0.05, 0.1) is 18.6 Å². The third-order valence-electron chi connectivity index (χ3n) is 4.85. The Morgan fingerprint density at radius 3 is 2.04 bits per heavy atom. The van der Waals surface area contributed by atoms with E-state index in [1.54, 1.807) is 20.8 Å². The monoisotopic (exact) mass is 357 g/mol. The Kier molecular flexibility index (Phi) is 5.98. The van der Waals surface area contributed by atoms with Gasteiger partial charge in [0.2, 0.25) is 5.91 Å². The molecule has 0 aromatic rings. The second kappa shape index (κ2) is 6.79. The molecular weight excluding hydrogens is 322 g/mol.